The molecular weight excluding hydrogens is 530 g/mol. The van der Waals surface area contributed by atoms with Gasteiger partial charge in [0.05, 0.1) is 17.7 Å². The molecule has 0 saturated carbocycles. The zero-order valence-corrected chi connectivity index (χ0v) is 22.6. The molecule has 1 aliphatic rings. The third-order valence-electron chi connectivity index (χ3n) is 6.25. The van der Waals surface area contributed by atoms with Crippen molar-refractivity contribution >= 4 is 35.5 Å². The van der Waals surface area contributed by atoms with E-state index >= 15 is 0 Å². The number of anilines is 1. The van der Waals surface area contributed by atoms with E-state index < -0.39 is 23.9 Å². The summed E-state index contributed by atoms with van der Waals surface area (Å²) in [6, 6.07) is 17.3. The predicted octanol–water partition coefficient (Wildman–Crippen LogP) is 4.04. The van der Waals surface area contributed by atoms with Crippen LogP contribution in [0.5, 0.6) is 5.75 Å². The first-order valence-corrected chi connectivity index (χ1v) is 12.9. The molecule has 11 heteroatoms. The molecule has 3 aromatic carbocycles. The van der Waals surface area contributed by atoms with Crippen molar-refractivity contribution < 1.29 is 38.2 Å². The van der Waals surface area contributed by atoms with E-state index in [0.717, 1.165) is 4.90 Å². The van der Waals surface area contributed by atoms with Crippen LogP contribution in [0.2, 0.25) is 0 Å². The molecule has 0 fully saturated rings. The summed E-state index contributed by atoms with van der Waals surface area (Å²) < 4.78 is 14.7. The predicted molar refractivity (Wildman–Crippen MR) is 148 cm³/mol. The molecule has 212 valence electrons. The molecule has 4 amide bonds. The average Bonchev–Trinajstić information content (AvgIpc) is 3.21. The fourth-order valence-corrected chi connectivity index (χ4v) is 4.19. The van der Waals surface area contributed by atoms with Crippen molar-refractivity contribution in [3.8, 4) is 5.75 Å². The number of para-hydroxylation sites is 1. The normalized spacial score (nSPS) is 12.1. The number of hydrogen-bond acceptors (Lipinski definition) is 8. The van der Waals surface area contributed by atoms with Gasteiger partial charge in [-0.25, -0.2) is 4.79 Å². The number of nitrogens with one attached hydrogen (secondary N) is 2. The Morgan fingerprint density at radius 1 is 0.854 bits per heavy atom. The molecule has 1 aliphatic heterocycles. The molecule has 0 radical (unpaired) electrons. The number of hydrogen-bond donors (Lipinski definition) is 2. The number of carbonyl (C=O) groups excluding carboxylic acids is 5. The van der Waals surface area contributed by atoms with Gasteiger partial charge < -0.3 is 24.8 Å². The summed E-state index contributed by atoms with van der Waals surface area (Å²) in [7, 11) is 1.55. The number of methoxy groups -OCH3 is 1. The molecule has 0 aliphatic carbocycles. The molecular formula is C30H29N3O8. The van der Waals surface area contributed by atoms with Gasteiger partial charge in [0.2, 0.25) is 0 Å². The van der Waals surface area contributed by atoms with Crippen molar-refractivity contribution in [2.75, 3.05) is 32.2 Å². The highest BCUT2D eigenvalue weighted by Crippen LogP contribution is 2.25. The van der Waals surface area contributed by atoms with Crippen LogP contribution in [-0.4, -0.2) is 61.6 Å². The highest BCUT2D eigenvalue weighted by atomic mass is 16.7. The van der Waals surface area contributed by atoms with Crippen LogP contribution in [0.3, 0.4) is 0 Å². The monoisotopic (exact) mass is 559 g/mol. The number of nitrogens with zero attached hydrogens (tertiary/aromatic N) is 1. The van der Waals surface area contributed by atoms with Crippen molar-refractivity contribution in [2.45, 2.75) is 19.9 Å². The van der Waals surface area contributed by atoms with Crippen LogP contribution in [0.25, 0.3) is 0 Å². The van der Waals surface area contributed by atoms with Crippen LogP contribution in [0, 0.1) is 0 Å². The van der Waals surface area contributed by atoms with Crippen LogP contribution in [-0.2, 0) is 16.0 Å². The Labute approximate surface area is 236 Å². The quantitative estimate of drug-likeness (QED) is 0.155. The summed E-state index contributed by atoms with van der Waals surface area (Å²) in [6.07, 6.45) is -0.319. The second-order valence-corrected chi connectivity index (χ2v) is 8.97. The fourth-order valence-electron chi connectivity index (χ4n) is 4.19. The van der Waals surface area contributed by atoms with Gasteiger partial charge in [-0.2, -0.15) is 0 Å². The number of imide groups is 1. The first kappa shape index (κ1) is 29.0. The lowest BCUT2D eigenvalue weighted by Gasteiger charge is -2.13. The Balaban J connectivity index is 1.39. The lowest BCUT2D eigenvalue weighted by Crippen LogP contribution is -2.31. The molecule has 41 heavy (non-hydrogen) atoms. The molecule has 1 heterocycles. The van der Waals surface area contributed by atoms with Crippen molar-refractivity contribution in [3.63, 3.8) is 0 Å². The number of fused-ring (bicyclic) bond motifs is 1. The summed E-state index contributed by atoms with van der Waals surface area (Å²) in [6.45, 7) is 2.61. The van der Waals surface area contributed by atoms with Crippen LogP contribution < -0.4 is 15.4 Å². The van der Waals surface area contributed by atoms with E-state index in [1.807, 2.05) is 0 Å². The van der Waals surface area contributed by atoms with E-state index in [1.54, 1.807) is 38.3 Å². The molecule has 11 nitrogen and oxygen atoms in total. The third kappa shape index (κ3) is 6.95. The van der Waals surface area contributed by atoms with Gasteiger partial charge in [0, 0.05) is 43.6 Å². The molecule has 3 aromatic rings. The maximum atomic E-state index is 13.1. The second-order valence-electron chi connectivity index (χ2n) is 8.97. The average molecular weight is 560 g/mol. The van der Waals surface area contributed by atoms with E-state index in [1.165, 1.54) is 42.5 Å². The Hall–Kier alpha value is -5.03. The van der Waals surface area contributed by atoms with E-state index in [0.29, 0.717) is 29.8 Å². The maximum absolute atomic E-state index is 13.1. The molecule has 4 rings (SSSR count). The van der Waals surface area contributed by atoms with Gasteiger partial charge in [-0.3, -0.25) is 24.1 Å². The van der Waals surface area contributed by atoms with Crippen molar-refractivity contribution in [1.82, 2.24) is 10.2 Å². The van der Waals surface area contributed by atoms with Crippen molar-refractivity contribution in [3.05, 3.63) is 94.5 Å². The Kier molecular flexibility index (Phi) is 9.43. The van der Waals surface area contributed by atoms with Crippen LogP contribution in [0.1, 0.15) is 60.3 Å². The third-order valence-corrected chi connectivity index (χ3v) is 6.25. The Morgan fingerprint density at radius 2 is 1.56 bits per heavy atom. The minimum absolute atomic E-state index is 0.115. The standard InChI is InChI=1S/C30H29N3O8/c1-3-40-30(38)41-22-12-9-19(10-13-22)26(34)31-18-21-7-4-5-8-25(21)32-27(35)20-11-14-23-24(17-20)29(37)33(28(23)36)15-6-16-39-2/h4-5,7-14,17H,3,6,15-16,18H2,1-2H3,(H,31,34)(H,32,35). The molecule has 0 atom stereocenters. The van der Waals surface area contributed by atoms with E-state index in [2.05, 4.69) is 10.6 Å². The number of benzene rings is 3. The van der Waals surface area contributed by atoms with Crippen LogP contribution >= 0.6 is 0 Å². The van der Waals surface area contributed by atoms with Gasteiger partial charge in [0.25, 0.3) is 23.6 Å². The summed E-state index contributed by atoms with van der Waals surface area (Å²) in [5.74, 6) is -1.44. The van der Waals surface area contributed by atoms with Crippen molar-refractivity contribution in [1.29, 1.82) is 0 Å². The fraction of sp³-hybridized carbons (Fsp3) is 0.233. The van der Waals surface area contributed by atoms with Crippen LogP contribution in [0.4, 0.5) is 10.5 Å². The summed E-state index contributed by atoms with van der Waals surface area (Å²) >= 11 is 0. The molecule has 0 bridgehead atoms. The lowest BCUT2D eigenvalue weighted by atomic mass is 10.0. The second kappa shape index (κ2) is 13.4. The number of rotatable bonds is 11. The van der Waals surface area contributed by atoms with Gasteiger partial charge in [-0.15, -0.1) is 0 Å². The van der Waals surface area contributed by atoms with E-state index in [4.69, 9.17) is 14.2 Å². The summed E-state index contributed by atoms with van der Waals surface area (Å²) in [4.78, 5) is 63.8. The number of amides is 4. The lowest BCUT2D eigenvalue weighted by molar-refractivity contribution is 0.0637. The zero-order chi connectivity index (χ0) is 29.4. The first-order chi connectivity index (χ1) is 19.8. The Bertz CT molecular complexity index is 1470. The number of carbonyl (C=O) groups is 5. The van der Waals surface area contributed by atoms with Crippen LogP contribution in [0.15, 0.2) is 66.7 Å². The Morgan fingerprint density at radius 3 is 2.29 bits per heavy atom. The maximum Gasteiger partial charge on any atom is 0.513 e. The van der Waals surface area contributed by atoms with Crippen molar-refractivity contribution in [2.24, 2.45) is 0 Å². The molecule has 0 unspecified atom stereocenters. The summed E-state index contributed by atoms with van der Waals surface area (Å²) in [5.41, 5.74) is 2.11. The van der Waals surface area contributed by atoms with Gasteiger partial charge in [0.1, 0.15) is 5.75 Å². The largest absolute Gasteiger partial charge is 0.513 e. The summed E-state index contributed by atoms with van der Waals surface area (Å²) in [5, 5.41) is 5.62. The van der Waals surface area contributed by atoms with E-state index in [-0.39, 0.29) is 48.0 Å². The molecule has 0 saturated heterocycles. The molecule has 2 N–H and O–H groups in total. The van der Waals surface area contributed by atoms with Gasteiger partial charge in [-0.1, -0.05) is 18.2 Å². The minimum Gasteiger partial charge on any atom is -0.434 e. The zero-order valence-electron chi connectivity index (χ0n) is 22.6. The number of ether oxygens (including phenoxy) is 3. The van der Waals surface area contributed by atoms with Gasteiger partial charge in [0.15, 0.2) is 0 Å². The minimum atomic E-state index is -0.830. The smallest absolute Gasteiger partial charge is 0.434 e. The van der Waals surface area contributed by atoms with Gasteiger partial charge >= 0.3 is 6.16 Å². The first-order valence-electron chi connectivity index (χ1n) is 12.9. The molecule has 0 aromatic heterocycles. The van der Waals surface area contributed by atoms with Gasteiger partial charge in [-0.05, 0) is 67.4 Å². The highest BCUT2D eigenvalue weighted by Gasteiger charge is 2.35. The van der Waals surface area contributed by atoms with E-state index in [9.17, 15) is 24.0 Å². The highest BCUT2D eigenvalue weighted by molar-refractivity contribution is 6.22. The topological polar surface area (TPSA) is 140 Å². The SMILES string of the molecule is CCOC(=O)Oc1ccc(C(=O)NCc2ccccc2NC(=O)c2ccc3c(c2)C(=O)N(CCCOC)C3=O)cc1. The molecule has 0 spiro atoms.